The lowest BCUT2D eigenvalue weighted by atomic mass is 9.89. The standard InChI is InChI=1S/C18H21NS/c1-11(2)13-9-10-16-18(17(13)12(3)4)19-14-7-5-6-8-15(14)20-16/h5-12,19H,1-4H3. The van der Waals surface area contributed by atoms with Crippen molar-refractivity contribution in [1.29, 1.82) is 0 Å². The topological polar surface area (TPSA) is 12.0 Å². The average Bonchev–Trinajstić information content (AvgIpc) is 2.43. The van der Waals surface area contributed by atoms with E-state index in [2.05, 4.69) is 69.4 Å². The number of hydrogen-bond donors (Lipinski definition) is 1. The van der Waals surface area contributed by atoms with Crippen LogP contribution in [0.25, 0.3) is 0 Å². The number of fused-ring (bicyclic) bond motifs is 2. The first kappa shape index (κ1) is 13.6. The fourth-order valence-electron chi connectivity index (χ4n) is 2.87. The van der Waals surface area contributed by atoms with Crippen molar-refractivity contribution in [1.82, 2.24) is 0 Å². The maximum atomic E-state index is 3.66. The second kappa shape index (κ2) is 5.17. The molecule has 2 aromatic carbocycles. The quantitative estimate of drug-likeness (QED) is 0.606. The maximum Gasteiger partial charge on any atom is 0.0564 e. The summed E-state index contributed by atoms with van der Waals surface area (Å²) in [6, 6.07) is 13.1. The van der Waals surface area contributed by atoms with E-state index in [9.17, 15) is 0 Å². The first-order chi connectivity index (χ1) is 9.58. The van der Waals surface area contributed by atoms with Gasteiger partial charge in [-0.25, -0.2) is 0 Å². The molecule has 0 spiro atoms. The van der Waals surface area contributed by atoms with E-state index < -0.39 is 0 Å². The van der Waals surface area contributed by atoms with Gasteiger partial charge in [-0.1, -0.05) is 57.7 Å². The molecule has 104 valence electrons. The van der Waals surface area contributed by atoms with Crippen molar-refractivity contribution in [2.24, 2.45) is 0 Å². The molecule has 0 unspecified atom stereocenters. The Hall–Kier alpha value is -1.41. The molecular formula is C18H21NS. The summed E-state index contributed by atoms with van der Waals surface area (Å²) in [7, 11) is 0. The molecule has 1 aliphatic heterocycles. The molecule has 1 nitrogen and oxygen atoms in total. The van der Waals surface area contributed by atoms with Gasteiger partial charge in [0.1, 0.15) is 0 Å². The summed E-state index contributed by atoms with van der Waals surface area (Å²) in [6.45, 7) is 9.12. The number of anilines is 2. The number of benzene rings is 2. The van der Waals surface area contributed by atoms with E-state index in [4.69, 9.17) is 0 Å². The Morgan fingerprint density at radius 3 is 2.30 bits per heavy atom. The summed E-state index contributed by atoms with van der Waals surface area (Å²) in [5, 5.41) is 3.66. The molecule has 2 aromatic rings. The molecule has 0 aliphatic carbocycles. The third-order valence-corrected chi connectivity index (χ3v) is 4.94. The van der Waals surface area contributed by atoms with Crippen LogP contribution in [0.1, 0.15) is 50.7 Å². The zero-order chi connectivity index (χ0) is 14.3. The van der Waals surface area contributed by atoms with Crippen molar-refractivity contribution < 1.29 is 0 Å². The monoisotopic (exact) mass is 283 g/mol. The van der Waals surface area contributed by atoms with Crippen LogP contribution in [0, 0.1) is 0 Å². The average molecular weight is 283 g/mol. The predicted molar refractivity (Wildman–Crippen MR) is 88.5 cm³/mol. The molecule has 2 heteroatoms. The number of hydrogen-bond acceptors (Lipinski definition) is 2. The minimum atomic E-state index is 0.528. The Morgan fingerprint density at radius 2 is 1.60 bits per heavy atom. The summed E-state index contributed by atoms with van der Waals surface area (Å²) in [5.74, 6) is 1.09. The molecule has 0 aromatic heterocycles. The van der Waals surface area contributed by atoms with Crippen molar-refractivity contribution in [3.05, 3.63) is 47.5 Å². The summed E-state index contributed by atoms with van der Waals surface area (Å²) >= 11 is 1.87. The van der Waals surface area contributed by atoms with E-state index >= 15 is 0 Å². The largest absolute Gasteiger partial charge is 0.353 e. The van der Waals surface area contributed by atoms with Crippen molar-refractivity contribution in [3.8, 4) is 0 Å². The fraction of sp³-hybridized carbons (Fsp3) is 0.333. The van der Waals surface area contributed by atoms with Gasteiger partial charge in [0.2, 0.25) is 0 Å². The molecule has 0 amide bonds. The molecule has 0 fully saturated rings. The van der Waals surface area contributed by atoms with Crippen LogP contribution in [0.5, 0.6) is 0 Å². The van der Waals surface area contributed by atoms with Gasteiger partial charge in [0.05, 0.1) is 11.4 Å². The second-order valence-electron chi connectivity index (χ2n) is 5.97. The highest BCUT2D eigenvalue weighted by atomic mass is 32.2. The van der Waals surface area contributed by atoms with E-state index in [1.54, 1.807) is 0 Å². The molecule has 0 bridgehead atoms. The summed E-state index contributed by atoms with van der Waals surface area (Å²) in [4.78, 5) is 2.66. The van der Waals surface area contributed by atoms with Crippen LogP contribution < -0.4 is 5.32 Å². The Labute approximate surface area is 125 Å². The van der Waals surface area contributed by atoms with E-state index in [1.165, 1.54) is 32.3 Å². The normalized spacial score (nSPS) is 13.1. The van der Waals surface area contributed by atoms with Crippen molar-refractivity contribution >= 4 is 23.1 Å². The summed E-state index contributed by atoms with van der Waals surface area (Å²) in [6.07, 6.45) is 0. The molecule has 0 atom stereocenters. The van der Waals surface area contributed by atoms with Crippen LogP contribution in [0.2, 0.25) is 0 Å². The molecule has 0 saturated carbocycles. The molecule has 20 heavy (non-hydrogen) atoms. The minimum Gasteiger partial charge on any atom is -0.353 e. The first-order valence-corrected chi connectivity index (χ1v) is 8.10. The molecule has 0 radical (unpaired) electrons. The number of rotatable bonds is 2. The van der Waals surface area contributed by atoms with Crippen molar-refractivity contribution in [3.63, 3.8) is 0 Å². The molecular weight excluding hydrogens is 262 g/mol. The third kappa shape index (κ3) is 2.22. The lowest BCUT2D eigenvalue weighted by molar-refractivity contribution is 0.788. The molecule has 3 rings (SSSR count). The Bertz CT molecular complexity index is 644. The van der Waals surface area contributed by atoms with Gasteiger partial charge in [-0.05, 0) is 41.2 Å². The highest BCUT2D eigenvalue weighted by Crippen LogP contribution is 2.48. The van der Waals surface area contributed by atoms with E-state index in [1.807, 2.05) is 11.8 Å². The van der Waals surface area contributed by atoms with E-state index in [0.717, 1.165) is 0 Å². The van der Waals surface area contributed by atoms with Crippen LogP contribution in [0.15, 0.2) is 46.2 Å². The van der Waals surface area contributed by atoms with E-state index in [0.29, 0.717) is 11.8 Å². The lowest BCUT2D eigenvalue weighted by Gasteiger charge is -2.27. The third-order valence-electron chi connectivity index (χ3n) is 3.81. The lowest BCUT2D eigenvalue weighted by Crippen LogP contribution is -2.08. The number of nitrogens with one attached hydrogen (secondary N) is 1. The zero-order valence-corrected chi connectivity index (χ0v) is 13.3. The smallest absolute Gasteiger partial charge is 0.0564 e. The Kier molecular flexibility index (Phi) is 3.51. The van der Waals surface area contributed by atoms with Crippen LogP contribution >= 0.6 is 11.8 Å². The first-order valence-electron chi connectivity index (χ1n) is 7.28. The Balaban J connectivity index is 2.16. The zero-order valence-electron chi connectivity index (χ0n) is 12.5. The number of para-hydroxylation sites is 1. The van der Waals surface area contributed by atoms with Gasteiger partial charge in [0.25, 0.3) is 0 Å². The van der Waals surface area contributed by atoms with Gasteiger partial charge in [-0.3, -0.25) is 0 Å². The molecule has 0 saturated heterocycles. The van der Waals surface area contributed by atoms with Gasteiger partial charge in [0, 0.05) is 9.79 Å². The van der Waals surface area contributed by atoms with Crippen LogP contribution in [-0.4, -0.2) is 0 Å². The highest BCUT2D eigenvalue weighted by Gasteiger charge is 2.22. The van der Waals surface area contributed by atoms with Crippen LogP contribution in [-0.2, 0) is 0 Å². The van der Waals surface area contributed by atoms with E-state index in [-0.39, 0.29) is 0 Å². The summed E-state index contributed by atoms with van der Waals surface area (Å²) in [5.41, 5.74) is 5.48. The Morgan fingerprint density at radius 1 is 0.850 bits per heavy atom. The molecule has 1 heterocycles. The summed E-state index contributed by atoms with van der Waals surface area (Å²) < 4.78 is 0. The maximum absolute atomic E-state index is 3.66. The highest BCUT2D eigenvalue weighted by molar-refractivity contribution is 7.99. The fourth-order valence-corrected chi connectivity index (χ4v) is 3.88. The van der Waals surface area contributed by atoms with Crippen LogP contribution in [0.3, 0.4) is 0 Å². The SMILES string of the molecule is CC(C)c1ccc2c(c1C(C)C)Nc1ccccc1S2. The van der Waals surface area contributed by atoms with Gasteiger partial charge >= 0.3 is 0 Å². The van der Waals surface area contributed by atoms with Crippen molar-refractivity contribution in [2.75, 3.05) is 5.32 Å². The van der Waals surface area contributed by atoms with Gasteiger partial charge in [0.15, 0.2) is 0 Å². The minimum absolute atomic E-state index is 0.528. The van der Waals surface area contributed by atoms with Crippen LogP contribution in [0.4, 0.5) is 11.4 Å². The second-order valence-corrected chi connectivity index (χ2v) is 7.06. The predicted octanol–water partition coefficient (Wildman–Crippen LogP) is 6.14. The molecule has 1 aliphatic rings. The van der Waals surface area contributed by atoms with Gasteiger partial charge < -0.3 is 5.32 Å². The van der Waals surface area contributed by atoms with Gasteiger partial charge in [-0.2, -0.15) is 0 Å². The molecule has 1 N–H and O–H groups in total. The van der Waals surface area contributed by atoms with Gasteiger partial charge in [-0.15, -0.1) is 0 Å². The van der Waals surface area contributed by atoms with Crippen molar-refractivity contribution in [2.45, 2.75) is 49.3 Å².